The molecule has 5 rings (SSSR count). The van der Waals surface area contributed by atoms with Gasteiger partial charge in [-0.15, -0.1) is 0 Å². The Hall–Kier alpha value is -4.51. The SMILES string of the molecule is O=C(Oc1ccc(CCN2C(=O)c3ccccc3C2=O)cc1)c1ccccc1CCc1ccccc1. The molecule has 0 N–H and O–H groups in total. The lowest BCUT2D eigenvalue weighted by Crippen LogP contribution is -2.31. The third-order valence-electron chi connectivity index (χ3n) is 6.40. The van der Waals surface area contributed by atoms with E-state index in [1.807, 2.05) is 48.5 Å². The highest BCUT2D eigenvalue weighted by Crippen LogP contribution is 2.23. The van der Waals surface area contributed by atoms with Crippen LogP contribution in [0.1, 0.15) is 47.8 Å². The van der Waals surface area contributed by atoms with Crippen molar-refractivity contribution >= 4 is 17.8 Å². The minimum Gasteiger partial charge on any atom is -0.423 e. The lowest BCUT2D eigenvalue weighted by molar-refractivity contribution is 0.0654. The lowest BCUT2D eigenvalue weighted by atomic mass is 10.00. The Morgan fingerprint density at radius 2 is 1.19 bits per heavy atom. The molecule has 5 heteroatoms. The first-order valence-electron chi connectivity index (χ1n) is 12.0. The molecule has 0 unspecified atom stereocenters. The molecule has 0 atom stereocenters. The van der Waals surface area contributed by atoms with Gasteiger partial charge in [0, 0.05) is 6.54 Å². The van der Waals surface area contributed by atoms with Gasteiger partial charge in [0.1, 0.15) is 5.75 Å². The molecule has 0 aromatic heterocycles. The van der Waals surface area contributed by atoms with Crippen molar-refractivity contribution in [2.45, 2.75) is 19.3 Å². The van der Waals surface area contributed by atoms with E-state index in [2.05, 4.69) is 12.1 Å². The number of carbonyl (C=O) groups is 3. The van der Waals surface area contributed by atoms with Crippen LogP contribution in [-0.2, 0) is 19.3 Å². The fraction of sp³-hybridized carbons (Fsp3) is 0.129. The number of carbonyl (C=O) groups excluding carboxylic acids is 3. The second kappa shape index (κ2) is 10.4. The highest BCUT2D eigenvalue weighted by Gasteiger charge is 2.34. The highest BCUT2D eigenvalue weighted by molar-refractivity contribution is 6.21. The summed E-state index contributed by atoms with van der Waals surface area (Å²) in [6, 6.07) is 31.7. The van der Waals surface area contributed by atoms with Crippen LogP contribution >= 0.6 is 0 Å². The van der Waals surface area contributed by atoms with Crippen molar-refractivity contribution in [3.63, 3.8) is 0 Å². The van der Waals surface area contributed by atoms with Gasteiger partial charge in [-0.2, -0.15) is 0 Å². The molecule has 0 bridgehead atoms. The van der Waals surface area contributed by atoms with Gasteiger partial charge in [-0.25, -0.2) is 4.79 Å². The largest absolute Gasteiger partial charge is 0.423 e. The second-order valence-corrected chi connectivity index (χ2v) is 8.73. The number of imide groups is 1. The van der Waals surface area contributed by atoms with Gasteiger partial charge in [-0.1, -0.05) is 72.8 Å². The summed E-state index contributed by atoms with van der Waals surface area (Å²) in [5.74, 6) is -0.459. The number of nitrogens with zero attached hydrogens (tertiary/aromatic N) is 1. The zero-order valence-electron chi connectivity index (χ0n) is 19.7. The van der Waals surface area contributed by atoms with Crippen LogP contribution in [0.25, 0.3) is 0 Å². The first-order valence-corrected chi connectivity index (χ1v) is 12.0. The molecule has 0 aliphatic carbocycles. The molecule has 178 valence electrons. The van der Waals surface area contributed by atoms with Gasteiger partial charge in [0.25, 0.3) is 11.8 Å². The van der Waals surface area contributed by atoms with E-state index in [1.54, 1.807) is 42.5 Å². The van der Waals surface area contributed by atoms with Crippen molar-refractivity contribution < 1.29 is 19.1 Å². The number of amides is 2. The molecule has 0 radical (unpaired) electrons. The van der Waals surface area contributed by atoms with E-state index < -0.39 is 5.97 Å². The molecule has 1 aliphatic rings. The van der Waals surface area contributed by atoms with E-state index in [0.717, 1.165) is 24.0 Å². The third kappa shape index (κ3) is 4.96. The fourth-order valence-corrected chi connectivity index (χ4v) is 4.43. The van der Waals surface area contributed by atoms with E-state index in [1.165, 1.54) is 10.5 Å². The van der Waals surface area contributed by atoms with Gasteiger partial charge < -0.3 is 4.74 Å². The average molecular weight is 476 g/mol. The second-order valence-electron chi connectivity index (χ2n) is 8.73. The summed E-state index contributed by atoms with van der Waals surface area (Å²) in [6.45, 7) is 0.292. The van der Waals surface area contributed by atoms with E-state index >= 15 is 0 Å². The van der Waals surface area contributed by atoms with Crippen LogP contribution in [0.3, 0.4) is 0 Å². The first kappa shape index (κ1) is 23.2. The van der Waals surface area contributed by atoms with Crippen LogP contribution in [0.5, 0.6) is 5.75 Å². The van der Waals surface area contributed by atoms with Crippen LogP contribution in [0.2, 0.25) is 0 Å². The zero-order chi connectivity index (χ0) is 24.9. The van der Waals surface area contributed by atoms with Crippen LogP contribution in [0.4, 0.5) is 0 Å². The Bertz CT molecular complexity index is 1380. The minimum absolute atomic E-state index is 0.257. The van der Waals surface area contributed by atoms with Crippen LogP contribution in [0, 0.1) is 0 Å². The Morgan fingerprint density at radius 1 is 0.611 bits per heavy atom. The molecule has 4 aromatic rings. The zero-order valence-corrected chi connectivity index (χ0v) is 19.7. The van der Waals surface area contributed by atoms with Gasteiger partial charge in [-0.05, 0) is 66.3 Å². The molecule has 2 amide bonds. The number of rotatable bonds is 8. The summed E-state index contributed by atoms with van der Waals surface area (Å²) >= 11 is 0. The first-order chi connectivity index (χ1) is 17.6. The smallest absolute Gasteiger partial charge is 0.343 e. The van der Waals surface area contributed by atoms with Crippen molar-refractivity contribution in [2.75, 3.05) is 6.54 Å². The molecule has 0 spiro atoms. The molecule has 4 aromatic carbocycles. The van der Waals surface area contributed by atoms with E-state index in [9.17, 15) is 14.4 Å². The van der Waals surface area contributed by atoms with E-state index in [-0.39, 0.29) is 11.8 Å². The van der Waals surface area contributed by atoms with Gasteiger partial charge in [0.2, 0.25) is 0 Å². The average Bonchev–Trinajstić information content (AvgIpc) is 3.17. The normalized spacial score (nSPS) is 12.5. The Balaban J connectivity index is 1.19. The van der Waals surface area contributed by atoms with Crippen LogP contribution in [-0.4, -0.2) is 29.2 Å². The Kier molecular flexibility index (Phi) is 6.72. The van der Waals surface area contributed by atoms with Gasteiger partial charge in [-0.3, -0.25) is 14.5 Å². The summed E-state index contributed by atoms with van der Waals surface area (Å²) in [7, 11) is 0. The lowest BCUT2D eigenvalue weighted by Gasteiger charge is -2.14. The predicted molar refractivity (Wildman–Crippen MR) is 137 cm³/mol. The summed E-state index contributed by atoms with van der Waals surface area (Å²) < 4.78 is 5.64. The molecule has 0 fully saturated rings. The molecule has 1 heterocycles. The monoisotopic (exact) mass is 475 g/mol. The molecule has 0 saturated carbocycles. The standard InChI is InChI=1S/C31H25NO4/c33-29-27-12-6-7-13-28(27)30(34)32(29)21-20-23-15-18-25(19-16-23)36-31(35)26-11-5-4-10-24(26)17-14-22-8-2-1-3-9-22/h1-13,15-16,18-19H,14,17,20-21H2. The molecule has 1 aliphatic heterocycles. The number of hydrogen-bond donors (Lipinski definition) is 0. The summed E-state index contributed by atoms with van der Waals surface area (Å²) in [4.78, 5) is 39.3. The summed E-state index contributed by atoms with van der Waals surface area (Å²) in [5.41, 5.74) is 4.57. The third-order valence-corrected chi connectivity index (χ3v) is 6.40. The van der Waals surface area contributed by atoms with Gasteiger partial charge in [0.15, 0.2) is 0 Å². The fourth-order valence-electron chi connectivity index (χ4n) is 4.43. The minimum atomic E-state index is -0.391. The molecule has 0 saturated heterocycles. The Morgan fingerprint density at radius 3 is 1.89 bits per heavy atom. The number of hydrogen-bond acceptors (Lipinski definition) is 4. The van der Waals surface area contributed by atoms with Crippen LogP contribution in [0.15, 0.2) is 103 Å². The summed E-state index contributed by atoms with van der Waals surface area (Å²) in [6.07, 6.45) is 2.10. The number of esters is 1. The van der Waals surface area contributed by atoms with Crippen molar-refractivity contribution in [2.24, 2.45) is 0 Å². The van der Waals surface area contributed by atoms with Crippen molar-refractivity contribution in [3.8, 4) is 5.75 Å². The molecular formula is C31H25NO4. The maximum absolute atomic E-state index is 12.9. The number of aryl methyl sites for hydroxylation is 2. The van der Waals surface area contributed by atoms with Crippen molar-refractivity contribution in [3.05, 3.63) is 137 Å². The maximum atomic E-state index is 12.9. The van der Waals surface area contributed by atoms with Crippen molar-refractivity contribution in [1.82, 2.24) is 4.90 Å². The van der Waals surface area contributed by atoms with Gasteiger partial charge in [0.05, 0.1) is 16.7 Å². The highest BCUT2D eigenvalue weighted by atomic mass is 16.5. The summed E-state index contributed by atoms with van der Waals surface area (Å²) in [5, 5.41) is 0. The number of fused-ring (bicyclic) bond motifs is 1. The molecule has 5 nitrogen and oxygen atoms in total. The van der Waals surface area contributed by atoms with E-state index in [0.29, 0.717) is 35.4 Å². The topological polar surface area (TPSA) is 63.7 Å². The van der Waals surface area contributed by atoms with Gasteiger partial charge >= 0.3 is 5.97 Å². The predicted octanol–water partition coefficient (Wildman–Crippen LogP) is 5.53. The van der Waals surface area contributed by atoms with Crippen molar-refractivity contribution in [1.29, 1.82) is 0 Å². The molecular weight excluding hydrogens is 450 g/mol. The Labute approximate surface area is 210 Å². The quantitative estimate of drug-likeness (QED) is 0.191. The number of ether oxygens (including phenoxy) is 1. The van der Waals surface area contributed by atoms with E-state index in [4.69, 9.17) is 4.74 Å². The van der Waals surface area contributed by atoms with Crippen LogP contribution < -0.4 is 4.74 Å². The maximum Gasteiger partial charge on any atom is 0.343 e. The molecule has 36 heavy (non-hydrogen) atoms. The number of benzene rings is 4.